The van der Waals surface area contributed by atoms with Gasteiger partial charge in [0.05, 0.1) is 5.69 Å². The Morgan fingerprint density at radius 2 is 1.91 bits per heavy atom. The Kier molecular flexibility index (Phi) is 5.55. The van der Waals surface area contributed by atoms with E-state index in [4.69, 9.17) is 4.74 Å². The van der Waals surface area contributed by atoms with Crippen molar-refractivity contribution in [3.05, 3.63) is 54.1 Å². The molecule has 4 heteroatoms. The molecule has 1 atom stereocenters. The molecule has 116 valence electrons. The molecule has 0 saturated carbocycles. The SMILES string of the molecule is CNCC(C)C(=O)Nc1cc(C)ccc1Oc1ccccc1. The monoisotopic (exact) mass is 298 g/mol. The summed E-state index contributed by atoms with van der Waals surface area (Å²) >= 11 is 0. The molecule has 1 unspecified atom stereocenters. The van der Waals surface area contributed by atoms with Gasteiger partial charge in [-0.2, -0.15) is 0 Å². The second kappa shape index (κ2) is 7.61. The van der Waals surface area contributed by atoms with Crippen LogP contribution in [0.3, 0.4) is 0 Å². The number of carbonyl (C=O) groups excluding carboxylic acids is 1. The van der Waals surface area contributed by atoms with Crippen LogP contribution in [0.15, 0.2) is 48.5 Å². The molecule has 0 saturated heterocycles. The quantitative estimate of drug-likeness (QED) is 0.857. The summed E-state index contributed by atoms with van der Waals surface area (Å²) in [6, 6.07) is 15.3. The second-order valence-electron chi connectivity index (χ2n) is 5.36. The topological polar surface area (TPSA) is 50.4 Å². The molecule has 0 heterocycles. The summed E-state index contributed by atoms with van der Waals surface area (Å²) < 4.78 is 5.87. The molecular weight excluding hydrogens is 276 g/mol. The van der Waals surface area contributed by atoms with Gasteiger partial charge < -0.3 is 15.4 Å². The zero-order chi connectivity index (χ0) is 15.9. The fourth-order valence-electron chi connectivity index (χ4n) is 2.10. The van der Waals surface area contributed by atoms with Gasteiger partial charge in [0.1, 0.15) is 5.75 Å². The van der Waals surface area contributed by atoms with Gasteiger partial charge in [-0.05, 0) is 43.8 Å². The van der Waals surface area contributed by atoms with Crippen LogP contribution >= 0.6 is 0 Å². The lowest BCUT2D eigenvalue weighted by Crippen LogP contribution is -2.28. The Hall–Kier alpha value is -2.33. The molecule has 0 bridgehead atoms. The Labute approximate surface area is 131 Å². The number of nitrogens with one attached hydrogen (secondary N) is 2. The number of rotatable bonds is 6. The lowest BCUT2D eigenvalue weighted by atomic mass is 10.1. The number of benzene rings is 2. The van der Waals surface area contributed by atoms with E-state index in [-0.39, 0.29) is 11.8 Å². The molecule has 2 rings (SSSR count). The molecule has 0 aliphatic rings. The van der Waals surface area contributed by atoms with Gasteiger partial charge >= 0.3 is 0 Å². The van der Waals surface area contributed by atoms with Crippen LogP contribution in [0.2, 0.25) is 0 Å². The molecule has 2 aromatic carbocycles. The summed E-state index contributed by atoms with van der Waals surface area (Å²) in [6.07, 6.45) is 0. The third kappa shape index (κ3) is 4.33. The standard InChI is InChI=1S/C18H22N2O2/c1-13-9-10-17(22-15-7-5-4-6-8-15)16(11-13)20-18(21)14(2)12-19-3/h4-11,14,19H,12H2,1-3H3,(H,20,21). The van der Waals surface area contributed by atoms with Crippen LogP contribution in [0, 0.1) is 12.8 Å². The van der Waals surface area contributed by atoms with E-state index in [1.807, 2.05) is 69.4 Å². The van der Waals surface area contributed by atoms with Gasteiger partial charge in [0.15, 0.2) is 5.75 Å². The van der Waals surface area contributed by atoms with Crippen LogP contribution < -0.4 is 15.4 Å². The maximum Gasteiger partial charge on any atom is 0.228 e. The first kappa shape index (κ1) is 16.0. The summed E-state index contributed by atoms with van der Waals surface area (Å²) in [7, 11) is 1.83. The van der Waals surface area contributed by atoms with Crippen molar-refractivity contribution in [2.45, 2.75) is 13.8 Å². The molecule has 0 aliphatic carbocycles. The summed E-state index contributed by atoms with van der Waals surface area (Å²) in [4.78, 5) is 12.2. The zero-order valence-corrected chi connectivity index (χ0v) is 13.2. The lowest BCUT2D eigenvalue weighted by Gasteiger charge is -2.16. The second-order valence-corrected chi connectivity index (χ2v) is 5.36. The van der Waals surface area contributed by atoms with Crippen molar-refractivity contribution in [2.75, 3.05) is 18.9 Å². The van der Waals surface area contributed by atoms with Gasteiger partial charge in [0.2, 0.25) is 5.91 Å². The van der Waals surface area contributed by atoms with Gasteiger partial charge in [0.25, 0.3) is 0 Å². The lowest BCUT2D eigenvalue weighted by molar-refractivity contribution is -0.119. The van der Waals surface area contributed by atoms with Crippen LogP contribution in [0.4, 0.5) is 5.69 Å². The van der Waals surface area contributed by atoms with E-state index >= 15 is 0 Å². The van der Waals surface area contributed by atoms with Crippen LogP contribution in [0.25, 0.3) is 0 Å². The molecule has 0 radical (unpaired) electrons. The molecule has 0 spiro atoms. The maximum atomic E-state index is 12.2. The van der Waals surface area contributed by atoms with Crippen LogP contribution in [0.5, 0.6) is 11.5 Å². The molecule has 0 aromatic heterocycles. The maximum absolute atomic E-state index is 12.2. The molecule has 2 N–H and O–H groups in total. The fraction of sp³-hybridized carbons (Fsp3) is 0.278. The van der Waals surface area contributed by atoms with Crippen LogP contribution in [0.1, 0.15) is 12.5 Å². The third-order valence-corrected chi connectivity index (χ3v) is 3.32. The van der Waals surface area contributed by atoms with Gasteiger partial charge in [-0.1, -0.05) is 31.2 Å². The van der Waals surface area contributed by atoms with E-state index in [0.29, 0.717) is 18.0 Å². The summed E-state index contributed by atoms with van der Waals surface area (Å²) in [5.74, 6) is 1.24. The largest absolute Gasteiger partial charge is 0.455 e. The van der Waals surface area contributed by atoms with Crippen molar-refractivity contribution in [3.63, 3.8) is 0 Å². The fourth-order valence-corrected chi connectivity index (χ4v) is 2.10. The summed E-state index contributed by atoms with van der Waals surface area (Å²) in [5.41, 5.74) is 1.76. The van der Waals surface area contributed by atoms with Crippen molar-refractivity contribution in [1.29, 1.82) is 0 Å². The molecule has 0 fully saturated rings. The minimum Gasteiger partial charge on any atom is -0.455 e. The number of ether oxygens (including phenoxy) is 1. The zero-order valence-electron chi connectivity index (χ0n) is 13.2. The predicted octanol–water partition coefficient (Wildman–Crippen LogP) is 3.58. The Balaban J connectivity index is 2.19. The normalized spacial score (nSPS) is 11.8. The average Bonchev–Trinajstić information content (AvgIpc) is 2.51. The molecule has 22 heavy (non-hydrogen) atoms. The van der Waals surface area contributed by atoms with E-state index in [0.717, 1.165) is 11.3 Å². The molecular formula is C18H22N2O2. The molecule has 4 nitrogen and oxygen atoms in total. The van der Waals surface area contributed by atoms with Gasteiger partial charge in [-0.25, -0.2) is 0 Å². The van der Waals surface area contributed by atoms with E-state index in [9.17, 15) is 4.79 Å². The first-order chi connectivity index (χ1) is 10.6. The van der Waals surface area contributed by atoms with Crippen molar-refractivity contribution in [1.82, 2.24) is 5.32 Å². The molecule has 2 aromatic rings. The first-order valence-corrected chi connectivity index (χ1v) is 7.39. The summed E-state index contributed by atoms with van der Waals surface area (Å²) in [6.45, 7) is 4.50. The van der Waals surface area contributed by atoms with Gasteiger partial charge in [-0.3, -0.25) is 4.79 Å². The first-order valence-electron chi connectivity index (χ1n) is 7.39. The minimum atomic E-state index is -0.116. The van der Waals surface area contributed by atoms with Gasteiger partial charge in [0, 0.05) is 12.5 Å². The number of hydrogen-bond acceptors (Lipinski definition) is 3. The Morgan fingerprint density at radius 3 is 2.59 bits per heavy atom. The highest BCUT2D eigenvalue weighted by atomic mass is 16.5. The Morgan fingerprint density at radius 1 is 1.18 bits per heavy atom. The van der Waals surface area contributed by atoms with Gasteiger partial charge in [-0.15, -0.1) is 0 Å². The third-order valence-electron chi connectivity index (χ3n) is 3.32. The van der Waals surface area contributed by atoms with E-state index in [1.165, 1.54) is 0 Å². The van der Waals surface area contributed by atoms with Crippen molar-refractivity contribution >= 4 is 11.6 Å². The number of carbonyl (C=O) groups is 1. The number of aryl methyl sites for hydroxylation is 1. The number of amides is 1. The molecule has 0 aliphatic heterocycles. The van der Waals surface area contributed by atoms with E-state index < -0.39 is 0 Å². The van der Waals surface area contributed by atoms with Crippen molar-refractivity contribution < 1.29 is 9.53 Å². The summed E-state index contributed by atoms with van der Waals surface area (Å²) in [5, 5.41) is 5.96. The highest BCUT2D eigenvalue weighted by molar-refractivity contribution is 5.94. The van der Waals surface area contributed by atoms with Crippen molar-refractivity contribution in [2.24, 2.45) is 5.92 Å². The minimum absolute atomic E-state index is 0.0298. The number of hydrogen-bond donors (Lipinski definition) is 2. The molecule has 1 amide bonds. The predicted molar refractivity (Wildman–Crippen MR) is 89.4 cm³/mol. The van der Waals surface area contributed by atoms with E-state index in [1.54, 1.807) is 0 Å². The van der Waals surface area contributed by atoms with E-state index in [2.05, 4.69) is 10.6 Å². The highest BCUT2D eigenvalue weighted by Crippen LogP contribution is 2.30. The van der Waals surface area contributed by atoms with Crippen LogP contribution in [-0.2, 0) is 4.79 Å². The smallest absolute Gasteiger partial charge is 0.228 e. The highest BCUT2D eigenvalue weighted by Gasteiger charge is 2.15. The number of para-hydroxylation sites is 1. The number of anilines is 1. The average molecular weight is 298 g/mol. The van der Waals surface area contributed by atoms with Crippen LogP contribution in [-0.4, -0.2) is 19.5 Å². The van der Waals surface area contributed by atoms with Crippen molar-refractivity contribution in [3.8, 4) is 11.5 Å². The Bertz CT molecular complexity index is 626.